The number of piperidine rings is 1. The highest BCUT2D eigenvalue weighted by Gasteiger charge is 2.42. The zero-order valence-electron chi connectivity index (χ0n) is 36.8. The van der Waals surface area contributed by atoms with E-state index in [9.17, 15) is 37.5 Å². The Morgan fingerprint density at radius 1 is 0.952 bits per heavy atom. The molecule has 7 N–H and O–H groups in total. The normalized spacial score (nSPS) is 19.5. The second kappa shape index (κ2) is 24.6. The molecule has 0 aromatic heterocycles. The van der Waals surface area contributed by atoms with Crippen LogP contribution in [0.15, 0.2) is 53.4 Å². The van der Waals surface area contributed by atoms with E-state index < -0.39 is 36.3 Å². The summed E-state index contributed by atoms with van der Waals surface area (Å²) in [5.41, 5.74) is 6.39. The molecule has 1 aliphatic heterocycles. The van der Waals surface area contributed by atoms with Crippen LogP contribution in [0, 0.1) is 24.7 Å². The number of hydrogen-bond acceptors (Lipinski definition) is 10. The van der Waals surface area contributed by atoms with E-state index >= 15 is 0 Å². The number of benzene rings is 2. The van der Waals surface area contributed by atoms with Gasteiger partial charge in [-0.3, -0.25) is 24.1 Å². The summed E-state index contributed by atoms with van der Waals surface area (Å²) in [4.78, 5) is 64.5. The quantitative estimate of drug-likeness (QED) is 0.0429. The van der Waals surface area contributed by atoms with Gasteiger partial charge in [-0.1, -0.05) is 63.8 Å². The number of nitrogens with two attached hydrogens (primary N) is 1. The molecule has 2 aliphatic rings. The van der Waals surface area contributed by atoms with E-state index in [4.69, 9.17) is 20.4 Å². The topological polar surface area (TPSA) is 200 Å². The number of esters is 1. The fourth-order valence-corrected chi connectivity index (χ4v) is 8.57. The standard InChI is InChI=1S/C43H65N5O6S.C2HF3O2/c1-28(2)39(44)42(53)45-23-14-8-11-22-38(50)54-37-21-15-20-33(29(37)3)40(51)46-34(27-55-32-18-9-7-10-19-32)36(49)26-48-25-31-17-13-12-16-30(31)24-35(48)41(52)47-43(4,5)6;3-2(4,5)1(6)7/h7,9-10,15,18-21,28,30-31,34-36,39,49H,8,11-14,16-17,22-27,44H2,1-6H3,(H,45,53)(H,46,51)(H,47,52);(H,6,7)/t30-,31+,34-,35-,36+,39-;/m0./s1. The number of fused-ring (bicyclic) bond motifs is 1. The Balaban J connectivity index is 0.00000134. The molecule has 62 heavy (non-hydrogen) atoms. The number of aliphatic carboxylic acids is 1. The SMILES string of the molecule is Cc1c(OC(=O)CCCCCNC(=O)[C@@H](N)C(C)C)cccc1C(=O)N[C@@H](CSc1ccccc1)[C@H](O)CN1C[C@H]2CCCC[C@H]2C[C@H]1C(=O)NC(C)(C)C.O=C(O)C(F)(F)F. The van der Waals surface area contributed by atoms with Gasteiger partial charge in [-0.2, -0.15) is 13.2 Å². The minimum absolute atomic E-state index is 0.0132. The van der Waals surface area contributed by atoms with Crippen LogP contribution >= 0.6 is 11.8 Å². The van der Waals surface area contributed by atoms with Gasteiger partial charge in [0.2, 0.25) is 11.8 Å². The zero-order chi connectivity index (χ0) is 46.2. The molecule has 1 heterocycles. The van der Waals surface area contributed by atoms with Crippen LogP contribution in [0.5, 0.6) is 5.75 Å². The van der Waals surface area contributed by atoms with Gasteiger partial charge in [0.1, 0.15) is 5.75 Å². The summed E-state index contributed by atoms with van der Waals surface area (Å²) in [6.45, 7) is 13.0. The Morgan fingerprint density at radius 2 is 1.60 bits per heavy atom. The number of hydrogen-bond donors (Lipinski definition) is 6. The summed E-state index contributed by atoms with van der Waals surface area (Å²) in [6, 6.07) is 13.4. The maximum atomic E-state index is 14.0. The molecular formula is C45H66F3N5O8S. The summed E-state index contributed by atoms with van der Waals surface area (Å²) in [7, 11) is 0. The first-order valence-electron chi connectivity index (χ1n) is 21.4. The van der Waals surface area contributed by atoms with Crippen molar-refractivity contribution in [1.82, 2.24) is 20.9 Å². The van der Waals surface area contributed by atoms with E-state index in [2.05, 4.69) is 20.9 Å². The number of carboxylic acid groups (broad SMARTS) is 1. The minimum Gasteiger partial charge on any atom is -0.475 e. The highest BCUT2D eigenvalue weighted by Crippen LogP contribution is 2.39. The van der Waals surface area contributed by atoms with Gasteiger partial charge in [-0.05, 0) is 95.4 Å². The molecule has 2 aromatic carbocycles. The predicted molar refractivity (Wildman–Crippen MR) is 233 cm³/mol. The second-order valence-electron chi connectivity index (χ2n) is 17.6. The maximum absolute atomic E-state index is 14.0. The number of nitrogens with one attached hydrogen (secondary N) is 3. The molecule has 2 fully saturated rings. The fraction of sp³-hybridized carbons (Fsp3) is 0.622. The number of carbonyl (C=O) groups is 5. The lowest BCUT2D eigenvalue weighted by atomic mass is 9.72. The average Bonchev–Trinajstić information content (AvgIpc) is 3.20. The molecule has 0 unspecified atom stereocenters. The number of carboxylic acids is 1. The van der Waals surface area contributed by atoms with E-state index in [0.717, 1.165) is 43.5 Å². The first-order valence-corrected chi connectivity index (χ1v) is 22.4. The van der Waals surface area contributed by atoms with E-state index in [1.807, 2.05) is 65.0 Å². The summed E-state index contributed by atoms with van der Waals surface area (Å²) in [6.07, 6.45) is 1.63. The van der Waals surface area contributed by atoms with Gasteiger partial charge < -0.3 is 36.6 Å². The number of amides is 3. The van der Waals surface area contributed by atoms with Crippen molar-refractivity contribution in [2.75, 3.05) is 25.4 Å². The van der Waals surface area contributed by atoms with Crippen molar-refractivity contribution in [1.29, 1.82) is 0 Å². The molecule has 0 radical (unpaired) electrons. The number of aliphatic hydroxyl groups excluding tert-OH is 1. The Hall–Kier alpha value is -4.19. The molecule has 1 saturated heterocycles. The van der Waals surface area contributed by atoms with Gasteiger partial charge >= 0.3 is 18.1 Å². The van der Waals surface area contributed by atoms with Gasteiger partial charge in [0.15, 0.2) is 0 Å². The molecule has 4 rings (SSSR count). The molecule has 13 nitrogen and oxygen atoms in total. The minimum atomic E-state index is -5.08. The van der Waals surface area contributed by atoms with Crippen molar-refractivity contribution in [3.63, 3.8) is 0 Å². The number of thioether (sulfide) groups is 1. The maximum Gasteiger partial charge on any atom is 0.490 e. The third-order valence-electron chi connectivity index (χ3n) is 11.1. The van der Waals surface area contributed by atoms with Gasteiger partial charge in [-0.15, -0.1) is 11.8 Å². The van der Waals surface area contributed by atoms with Crippen LogP contribution in [-0.4, -0.2) is 106 Å². The van der Waals surface area contributed by atoms with Crippen LogP contribution < -0.4 is 26.4 Å². The summed E-state index contributed by atoms with van der Waals surface area (Å²) in [5, 5.41) is 28.2. The van der Waals surface area contributed by atoms with Crippen LogP contribution in [0.2, 0.25) is 0 Å². The van der Waals surface area contributed by atoms with E-state index in [0.29, 0.717) is 47.4 Å². The number of likely N-dealkylation sites (tertiary alicyclic amines) is 1. The molecule has 346 valence electrons. The number of unbranched alkanes of at least 4 members (excludes halogenated alkanes) is 2. The van der Waals surface area contributed by atoms with Crippen molar-refractivity contribution in [2.24, 2.45) is 23.5 Å². The number of carbonyl (C=O) groups excluding carboxylic acids is 4. The summed E-state index contributed by atoms with van der Waals surface area (Å²) >= 11 is 1.55. The van der Waals surface area contributed by atoms with Crippen molar-refractivity contribution >= 4 is 41.4 Å². The van der Waals surface area contributed by atoms with Gasteiger partial charge in [0, 0.05) is 53.4 Å². The number of rotatable bonds is 18. The van der Waals surface area contributed by atoms with Crippen molar-refractivity contribution in [3.8, 4) is 5.75 Å². The molecule has 0 spiro atoms. The number of ether oxygens (including phenoxy) is 1. The lowest BCUT2D eigenvalue weighted by molar-refractivity contribution is -0.192. The van der Waals surface area contributed by atoms with E-state index in [1.165, 1.54) is 12.8 Å². The first kappa shape index (κ1) is 52.2. The van der Waals surface area contributed by atoms with Crippen LogP contribution in [0.1, 0.15) is 108 Å². The van der Waals surface area contributed by atoms with E-state index in [1.54, 1.807) is 36.9 Å². The van der Waals surface area contributed by atoms with Crippen LogP contribution in [0.25, 0.3) is 0 Å². The average molecular weight is 894 g/mol. The largest absolute Gasteiger partial charge is 0.490 e. The summed E-state index contributed by atoms with van der Waals surface area (Å²) < 4.78 is 37.4. The highest BCUT2D eigenvalue weighted by atomic mass is 32.2. The highest BCUT2D eigenvalue weighted by molar-refractivity contribution is 7.99. The Labute approximate surface area is 367 Å². The lowest BCUT2D eigenvalue weighted by Crippen LogP contribution is -2.60. The van der Waals surface area contributed by atoms with Crippen LogP contribution in [0.3, 0.4) is 0 Å². The van der Waals surface area contributed by atoms with Crippen LogP contribution in [0.4, 0.5) is 13.2 Å². The molecule has 0 bridgehead atoms. The van der Waals surface area contributed by atoms with E-state index in [-0.39, 0.29) is 48.2 Å². The number of halogens is 3. The number of nitrogens with zero attached hydrogens (tertiary/aromatic N) is 1. The Kier molecular flexibility index (Phi) is 20.7. The summed E-state index contributed by atoms with van der Waals surface area (Å²) in [5.74, 6) is -1.94. The molecule has 2 aromatic rings. The molecule has 17 heteroatoms. The number of aliphatic hydroxyl groups is 1. The van der Waals surface area contributed by atoms with Crippen molar-refractivity contribution in [3.05, 3.63) is 59.7 Å². The van der Waals surface area contributed by atoms with Crippen molar-refractivity contribution in [2.45, 2.75) is 140 Å². The molecule has 1 aliphatic carbocycles. The Bertz CT molecular complexity index is 1780. The molecule has 3 amide bonds. The molecule has 6 atom stereocenters. The molecule has 1 saturated carbocycles. The van der Waals surface area contributed by atoms with Crippen LogP contribution in [-0.2, 0) is 19.2 Å². The number of alkyl halides is 3. The number of β-amino-alcohol motifs (C(OH)–C–C–N with tert-alkyl or cyclic N) is 1. The molecular weight excluding hydrogens is 828 g/mol. The van der Waals surface area contributed by atoms with Gasteiger partial charge in [0.05, 0.1) is 24.2 Å². The Morgan fingerprint density at radius 3 is 2.21 bits per heavy atom. The predicted octanol–water partition coefficient (Wildman–Crippen LogP) is 6.24. The third kappa shape index (κ3) is 17.5. The lowest BCUT2D eigenvalue weighted by Gasteiger charge is -2.47. The zero-order valence-corrected chi connectivity index (χ0v) is 37.6. The fourth-order valence-electron chi connectivity index (χ4n) is 7.54. The second-order valence-corrected chi connectivity index (χ2v) is 18.7. The van der Waals surface area contributed by atoms with Crippen molar-refractivity contribution < 1.29 is 52.1 Å². The smallest absolute Gasteiger partial charge is 0.475 e. The third-order valence-corrected chi connectivity index (χ3v) is 12.2. The van der Waals surface area contributed by atoms with Gasteiger partial charge in [-0.25, -0.2) is 4.79 Å². The first-order chi connectivity index (χ1) is 29.1. The van der Waals surface area contributed by atoms with Gasteiger partial charge in [0.25, 0.3) is 5.91 Å². The monoisotopic (exact) mass is 893 g/mol.